The van der Waals surface area contributed by atoms with E-state index >= 15 is 0 Å². The molecular weight excluding hydrogens is 332 g/mol. The van der Waals surface area contributed by atoms with Gasteiger partial charge in [0.25, 0.3) is 5.91 Å². The van der Waals surface area contributed by atoms with Crippen molar-refractivity contribution in [1.29, 1.82) is 0 Å². The first-order valence-corrected chi connectivity index (χ1v) is 8.65. The van der Waals surface area contributed by atoms with Crippen LogP contribution >= 0.6 is 0 Å². The summed E-state index contributed by atoms with van der Waals surface area (Å²) < 4.78 is 10.5. The number of carbonyl (C=O) groups is 1. The topological polar surface area (TPSA) is 85.4 Å². The molecule has 1 atom stereocenters. The summed E-state index contributed by atoms with van der Waals surface area (Å²) in [5.41, 5.74) is 1.57. The number of carbonyl (C=O) groups excluding carboxylic acids is 1. The number of nitrogens with zero attached hydrogens (tertiary/aromatic N) is 2. The van der Waals surface area contributed by atoms with Gasteiger partial charge in [0.15, 0.2) is 11.5 Å². The molecule has 7 nitrogen and oxygen atoms in total. The van der Waals surface area contributed by atoms with Gasteiger partial charge in [-0.15, -0.1) is 0 Å². The lowest BCUT2D eigenvalue weighted by Crippen LogP contribution is -2.32. The third-order valence-corrected chi connectivity index (χ3v) is 4.05. The van der Waals surface area contributed by atoms with Gasteiger partial charge in [-0.25, -0.2) is 9.97 Å². The summed E-state index contributed by atoms with van der Waals surface area (Å²) in [5, 5.41) is 6.04. The van der Waals surface area contributed by atoms with Crippen molar-refractivity contribution in [3.05, 3.63) is 41.7 Å². The van der Waals surface area contributed by atoms with Gasteiger partial charge in [-0.05, 0) is 37.5 Å². The van der Waals surface area contributed by atoms with Gasteiger partial charge in [-0.3, -0.25) is 4.79 Å². The Morgan fingerprint density at radius 2 is 1.85 bits per heavy atom. The molecule has 2 aromatic rings. The first kappa shape index (κ1) is 19.5. The van der Waals surface area contributed by atoms with E-state index in [2.05, 4.69) is 20.6 Å². The normalized spacial score (nSPS) is 11.5. The second-order valence-electron chi connectivity index (χ2n) is 5.94. The van der Waals surface area contributed by atoms with Crippen LogP contribution in [0, 0.1) is 0 Å². The van der Waals surface area contributed by atoms with Gasteiger partial charge in [0.1, 0.15) is 0 Å². The molecule has 1 unspecified atom stereocenters. The Morgan fingerprint density at radius 3 is 2.46 bits per heavy atom. The summed E-state index contributed by atoms with van der Waals surface area (Å²) >= 11 is 0. The van der Waals surface area contributed by atoms with Crippen LogP contribution in [0.5, 0.6) is 11.5 Å². The molecule has 0 aliphatic rings. The van der Waals surface area contributed by atoms with Crippen molar-refractivity contribution < 1.29 is 14.3 Å². The maximum atomic E-state index is 12.0. The lowest BCUT2D eigenvalue weighted by Gasteiger charge is -2.11. The number of rotatable bonds is 9. The van der Waals surface area contributed by atoms with Crippen LogP contribution < -0.4 is 20.1 Å². The SMILES string of the molecule is CCC(C)NC(=O)c1cnc(NCCc2ccc(OC)c(OC)c2)nc1. The maximum absolute atomic E-state index is 12.0. The number of ether oxygens (including phenoxy) is 2. The van der Waals surface area contributed by atoms with Crippen molar-refractivity contribution in [2.45, 2.75) is 32.7 Å². The Kier molecular flexibility index (Phi) is 7.20. The van der Waals surface area contributed by atoms with Crippen LogP contribution in [0.1, 0.15) is 36.2 Å². The van der Waals surface area contributed by atoms with E-state index in [0.717, 1.165) is 18.4 Å². The molecular formula is C19H26N4O3. The van der Waals surface area contributed by atoms with E-state index in [-0.39, 0.29) is 11.9 Å². The van der Waals surface area contributed by atoms with Crippen molar-refractivity contribution in [1.82, 2.24) is 15.3 Å². The summed E-state index contributed by atoms with van der Waals surface area (Å²) in [6.07, 6.45) is 4.72. The van der Waals surface area contributed by atoms with Gasteiger partial charge in [-0.2, -0.15) is 0 Å². The Morgan fingerprint density at radius 1 is 1.15 bits per heavy atom. The fourth-order valence-electron chi connectivity index (χ4n) is 2.30. The number of nitrogens with one attached hydrogen (secondary N) is 2. The molecule has 2 rings (SSSR count). The molecule has 0 fully saturated rings. The quantitative estimate of drug-likeness (QED) is 0.717. The number of hydrogen-bond acceptors (Lipinski definition) is 6. The van der Waals surface area contributed by atoms with Crippen molar-refractivity contribution in [2.75, 3.05) is 26.1 Å². The maximum Gasteiger partial charge on any atom is 0.254 e. The lowest BCUT2D eigenvalue weighted by atomic mass is 10.1. The fourth-order valence-corrected chi connectivity index (χ4v) is 2.30. The summed E-state index contributed by atoms with van der Waals surface area (Å²) in [6.45, 7) is 4.64. The van der Waals surface area contributed by atoms with Gasteiger partial charge < -0.3 is 20.1 Å². The third kappa shape index (κ3) is 5.34. The summed E-state index contributed by atoms with van der Waals surface area (Å²) in [6, 6.07) is 5.95. The van der Waals surface area contributed by atoms with Crippen molar-refractivity contribution >= 4 is 11.9 Å². The first-order chi connectivity index (χ1) is 12.6. The van der Waals surface area contributed by atoms with E-state index < -0.39 is 0 Å². The minimum atomic E-state index is -0.156. The summed E-state index contributed by atoms with van der Waals surface area (Å²) in [5.74, 6) is 1.75. The molecule has 26 heavy (non-hydrogen) atoms. The summed E-state index contributed by atoms with van der Waals surface area (Å²) in [7, 11) is 3.23. The van der Waals surface area contributed by atoms with E-state index in [9.17, 15) is 4.79 Å². The number of aromatic nitrogens is 2. The first-order valence-electron chi connectivity index (χ1n) is 8.65. The Hall–Kier alpha value is -2.83. The Labute approximate surface area is 154 Å². The molecule has 0 aliphatic heterocycles. The van der Waals surface area contributed by atoms with Gasteiger partial charge in [0.2, 0.25) is 5.95 Å². The zero-order chi connectivity index (χ0) is 18.9. The van der Waals surface area contributed by atoms with Gasteiger partial charge in [0, 0.05) is 25.0 Å². The smallest absolute Gasteiger partial charge is 0.254 e. The minimum Gasteiger partial charge on any atom is -0.493 e. The predicted molar refractivity (Wildman–Crippen MR) is 101 cm³/mol. The van der Waals surface area contributed by atoms with Crippen LogP contribution in [0.25, 0.3) is 0 Å². The van der Waals surface area contributed by atoms with E-state index in [1.165, 1.54) is 12.4 Å². The number of hydrogen-bond donors (Lipinski definition) is 2. The largest absolute Gasteiger partial charge is 0.493 e. The molecule has 2 N–H and O–H groups in total. The minimum absolute atomic E-state index is 0.127. The van der Waals surface area contributed by atoms with Gasteiger partial charge in [0.05, 0.1) is 19.8 Å². The zero-order valence-corrected chi connectivity index (χ0v) is 15.7. The van der Waals surface area contributed by atoms with Crippen LogP contribution in [0.2, 0.25) is 0 Å². The molecule has 0 spiro atoms. The fraction of sp³-hybridized carbons (Fsp3) is 0.421. The lowest BCUT2D eigenvalue weighted by molar-refractivity contribution is 0.0938. The number of benzene rings is 1. The van der Waals surface area contributed by atoms with Crippen LogP contribution in [-0.2, 0) is 6.42 Å². The van der Waals surface area contributed by atoms with Crippen LogP contribution in [0.4, 0.5) is 5.95 Å². The molecule has 1 aromatic carbocycles. The Balaban J connectivity index is 1.87. The Bertz CT molecular complexity index is 719. The second-order valence-corrected chi connectivity index (χ2v) is 5.94. The second kappa shape index (κ2) is 9.60. The molecule has 140 valence electrons. The highest BCUT2D eigenvalue weighted by Gasteiger charge is 2.10. The van der Waals surface area contributed by atoms with E-state index in [4.69, 9.17) is 9.47 Å². The summed E-state index contributed by atoms with van der Waals surface area (Å²) in [4.78, 5) is 20.4. The van der Waals surface area contributed by atoms with E-state index in [1.54, 1.807) is 14.2 Å². The number of anilines is 1. The standard InChI is InChI=1S/C19H26N4O3/c1-5-13(2)23-18(24)15-11-21-19(22-12-15)20-9-8-14-6-7-16(25-3)17(10-14)26-4/h6-7,10-13H,5,8-9H2,1-4H3,(H,23,24)(H,20,21,22). The third-order valence-electron chi connectivity index (χ3n) is 4.05. The molecule has 0 saturated carbocycles. The van der Waals surface area contributed by atoms with Crippen molar-refractivity contribution in [2.24, 2.45) is 0 Å². The number of methoxy groups -OCH3 is 2. The van der Waals surface area contributed by atoms with Gasteiger partial charge >= 0.3 is 0 Å². The van der Waals surface area contributed by atoms with Crippen LogP contribution in [-0.4, -0.2) is 42.7 Å². The molecule has 0 saturated heterocycles. The van der Waals surface area contributed by atoms with Crippen molar-refractivity contribution in [3.8, 4) is 11.5 Å². The van der Waals surface area contributed by atoms with Gasteiger partial charge in [-0.1, -0.05) is 13.0 Å². The highest BCUT2D eigenvalue weighted by atomic mass is 16.5. The van der Waals surface area contributed by atoms with Crippen LogP contribution in [0.15, 0.2) is 30.6 Å². The highest BCUT2D eigenvalue weighted by Crippen LogP contribution is 2.27. The monoisotopic (exact) mass is 358 g/mol. The van der Waals surface area contributed by atoms with E-state index in [0.29, 0.717) is 29.6 Å². The molecule has 1 amide bonds. The molecule has 0 aliphatic carbocycles. The zero-order valence-electron chi connectivity index (χ0n) is 15.7. The predicted octanol–water partition coefficient (Wildman–Crippen LogP) is 2.68. The highest BCUT2D eigenvalue weighted by molar-refractivity contribution is 5.93. The molecule has 1 heterocycles. The van der Waals surface area contributed by atoms with E-state index in [1.807, 2.05) is 32.0 Å². The van der Waals surface area contributed by atoms with Crippen LogP contribution in [0.3, 0.4) is 0 Å². The molecule has 1 aromatic heterocycles. The molecule has 0 bridgehead atoms. The average molecular weight is 358 g/mol. The average Bonchev–Trinajstić information content (AvgIpc) is 2.68. The molecule has 7 heteroatoms. The molecule has 0 radical (unpaired) electrons. The number of amides is 1. The van der Waals surface area contributed by atoms with Crippen molar-refractivity contribution in [3.63, 3.8) is 0 Å².